The van der Waals surface area contributed by atoms with Crippen molar-refractivity contribution >= 4 is 8.80 Å². The van der Waals surface area contributed by atoms with Gasteiger partial charge >= 0.3 is 0 Å². The molecule has 0 fully saturated rings. The Hall–Kier alpha value is -0.303. The van der Waals surface area contributed by atoms with Crippen LogP contribution in [0.25, 0.3) is 0 Å². The van der Waals surface area contributed by atoms with Crippen LogP contribution in [-0.2, 0) is 0 Å². The van der Waals surface area contributed by atoms with Gasteiger partial charge in [0.15, 0.2) is 0 Å². The highest BCUT2D eigenvalue weighted by atomic mass is 28.3. The standard InChI is InChI=1S/C11H21Si/c1-6-7-12(8-10(2)3)9-11(4)5/h2,4,6-9H2,1,3,5H3. The first-order valence-electron chi connectivity index (χ1n) is 4.68. The van der Waals surface area contributed by atoms with Gasteiger partial charge in [0.2, 0.25) is 0 Å². The maximum Gasteiger partial charge on any atom is 0.0563 e. The Labute approximate surface area is 79.0 Å². The lowest BCUT2D eigenvalue weighted by molar-refractivity contribution is 1.04. The molecule has 0 saturated carbocycles. The molecule has 0 N–H and O–H groups in total. The van der Waals surface area contributed by atoms with Crippen LogP contribution in [0, 0.1) is 0 Å². The number of hydrogen-bond acceptors (Lipinski definition) is 0. The Kier molecular flexibility index (Phi) is 6.08. The highest BCUT2D eigenvalue weighted by Gasteiger charge is 2.09. The van der Waals surface area contributed by atoms with Crippen LogP contribution in [-0.4, -0.2) is 8.80 Å². The number of rotatable bonds is 6. The second-order valence-corrected chi connectivity index (χ2v) is 6.47. The molecule has 0 nitrogen and oxygen atoms in total. The first-order chi connectivity index (χ1) is 5.56. The molecule has 0 aromatic carbocycles. The van der Waals surface area contributed by atoms with E-state index in [0.29, 0.717) is 0 Å². The van der Waals surface area contributed by atoms with Gasteiger partial charge in [0.1, 0.15) is 0 Å². The number of allylic oxidation sites excluding steroid dienone is 2. The van der Waals surface area contributed by atoms with Crippen molar-refractivity contribution in [2.24, 2.45) is 0 Å². The summed E-state index contributed by atoms with van der Waals surface area (Å²) < 4.78 is 0. The Morgan fingerprint density at radius 2 is 1.50 bits per heavy atom. The van der Waals surface area contributed by atoms with Gasteiger partial charge in [-0.1, -0.05) is 30.5 Å². The maximum atomic E-state index is 3.98. The van der Waals surface area contributed by atoms with Crippen molar-refractivity contribution in [2.75, 3.05) is 0 Å². The largest absolute Gasteiger partial charge is 0.100 e. The minimum Gasteiger partial charge on any atom is -0.100 e. The third-order valence-corrected chi connectivity index (χ3v) is 5.12. The summed E-state index contributed by atoms with van der Waals surface area (Å²) in [6, 6.07) is 3.95. The van der Waals surface area contributed by atoms with Crippen molar-refractivity contribution in [1.82, 2.24) is 0 Å². The lowest BCUT2D eigenvalue weighted by Crippen LogP contribution is -2.11. The average Bonchev–Trinajstić information content (AvgIpc) is 1.84. The van der Waals surface area contributed by atoms with Gasteiger partial charge in [-0.25, -0.2) is 0 Å². The molecule has 69 valence electrons. The lowest BCUT2D eigenvalue weighted by atomic mass is 10.4. The molecule has 12 heavy (non-hydrogen) atoms. The van der Waals surface area contributed by atoms with E-state index in [9.17, 15) is 0 Å². The van der Waals surface area contributed by atoms with E-state index in [1.165, 1.54) is 35.7 Å². The fraction of sp³-hybridized carbons (Fsp3) is 0.636. The zero-order chi connectivity index (χ0) is 9.56. The maximum absolute atomic E-state index is 3.98. The van der Waals surface area contributed by atoms with Crippen LogP contribution in [0.2, 0.25) is 18.1 Å². The zero-order valence-electron chi connectivity index (χ0n) is 8.74. The normalized spacial score (nSPS) is 10.3. The molecule has 0 amide bonds. The molecule has 0 atom stereocenters. The molecule has 0 aromatic heterocycles. The van der Waals surface area contributed by atoms with Gasteiger partial charge < -0.3 is 0 Å². The molecule has 0 unspecified atom stereocenters. The Morgan fingerprint density at radius 3 is 1.75 bits per heavy atom. The van der Waals surface area contributed by atoms with Crippen molar-refractivity contribution < 1.29 is 0 Å². The predicted octanol–water partition coefficient (Wildman–Crippen LogP) is 4.04. The zero-order valence-corrected chi connectivity index (χ0v) is 9.74. The van der Waals surface area contributed by atoms with Crippen LogP contribution in [0.1, 0.15) is 27.2 Å². The molecule has 0 aliphatic carbocycles. The van der Waals surface area contributed by atoms with Gasteiger partial charge in [-0.05, 0) is 25.9 Å². The summed E-state index contributed by atoms with van der Waals surface area (Å²) >= 11 is 0. The molecule has 0 aliphatic rings. The van der Waals surface area contributed by atoms with Gasteiger partial charge in [-0.15, -0.1) is 13.2 Å². The quantitative estimate of drug-likeness (QED) is 0.428. The van der Waals surface area contributed by atoms with Gasteiger partial charge in [0.05, 0.1) is 8.80 Å². The van der Waals surface area contributed by atoms with E-state index in [2.05, 4.69) is 33.9 Å². The van der Waals surface area contributed by atoms with Gasteiger partial charge in [0, 0.05) is 0 Å². The summed E-state index contributed by atoms with van der Waals surface area (Å²) in [5, 5.41) is 0. The lowest BCUT2D eigenvalue weighted by Gasteiger charge is -2.13. The van der Waals surface area contributed by atoms with Gasteiger partial charge in [-0.2, -0.15) is 0 Å². The summed E-state index contributed by atoms with van der Waals surface area (Å²) in [7, 11) is -0.194. The van der Waals surface area contributed by atoms with Crippen LogP contribution < -0.4 is 0 Å². The van der Waals surface area contributed by atoms with Crippen molar-refractivity contribution in [2.45, 2.75) is 45.3 Å². The van der Waals surface area contributed by atoms with E-state index in [1.54, 1.807) is 0 Å². The minimum absolute atomic E-state index is 0.194. The van der Waals surface area contributed by atoms with E-state index >= 15 is 0 Å². The van der Waals surface area contributed by atoms with Crippen molar-refractivity contribution in [3.8, 4) is 0 Å². The van der Waals surface area contributed by atoms with Crippen molar-refractivity contribution in [1.29, 1.82) is 0 Å². The summed E-state index contributed by atoms with van der Waals surface area (Å²) in [6.07, 6.45) is 1.31. The second kappa shape index (κ2) is 6.24. The molecule has 0 saturated heterocycles. The molecule has 0 bridgehead atoms. The van der Waals surface area contributed by atoms with Gasteiger partial charge in [-0.3, -0.25) is 0 Å². The Balaban J connectivity index is 3.85. The first kappa shape index (κ1) is 11.7. The van der Waals surface area contributed by atoms with E-state index in [4.69, 9.17) is 0 Å². The molecule has 0 heterocycles. The first-order valence-corrected chi connectivity index (χ1v) is 6.80. The fourth-order valence-corrected chi connectivity index (χ4v) is 4.34. The van der Waals surface area contributed by atoms with E-state index < -0.39 is 0 Å². The SMILES string of the molecule is C=C(C)C[Si](CCC)CC(=C)C. The third kappa shape index (κ3) is 6.41. The topological polar surface area (TPSA) is 0 Å². The Bertz CT molecular complexity index is 142. The molecule has 0 rings (SSSR count). The highest BCUT2D eigenvalue weighted by Crippen LogP contribution is 2.16. The minimum atomic E-state index is -0.194. The van der Waals surface area contributed by atoms with E-state index in [1.807, 2.05) is 0 Å². The molecule has 1 heteroatoms. The molecular formula is C11H21Si. The predicted molar refractivity (Wildman–Crippen MR) is 60.1 cm³/mol. The van der Waals surface area contributed by atoms with Crippen LogP contribution >= 0.6 is 0 Å². The van der Waals surface area contributed by atoms with Crippen molar-refractivity contribution in [3.63, 3.8) is 0 Å². The molecule has 0 aliphatic heterocycles. The molecular weight excluding hydrogens is 160 g/mol. The Morgan fingerprint density at radius 1 is 1.08 bits per heavy atom. The summed E-state index contributed by atoms with van der Waals surface area (Å²) in [5.74, 6) is 0. The van der Waals surface area contributed by atoms with Crippen LogP contribution in [0.15, 0.2) is 24.3 Å². The molecule has 0 aromatic rings. The van der Waals surface area contributed by atoms with Gasteiger partial charge in [0.25, 0.3) is 0 Å². The fourth-order valence-electron chi connectivity index (χ4n) is 1.45. The molecule has 1 radical (unpaired) electrons. The smallest absolute Gasteiger partial charge is 0.0563 e. The molecule has 0 spiro atoms. The summed E-state index contributed by atoms with van der Waals surface area (Å²) in [5.41, 5.74) is 2.69. The third-order valence-electron chi connectivity index (χ3n) is 1.71. The van der Waals surface area contributed by atoms with E-state index in [-0.39, 0.29) is 8.80 Å². The number of hydrogen-bond donors (Lipinski definition) is 0. The average molecular weight is 181 g/mol. The van der Waals surface area contributed by atoms with E-state index in [0.717, 1.165) is 0 Å². The van der Waals surface area contributed by atoms with Crippen LogP contribution in [0.3, 0.4) is 0 Å². The summed E-state index contributed by atoms with van der Waals surface area (Å²) in [4.78, 5) is 0. The summed E-state index contributed by atoms with van der Waals surface area (Å²) in [6.45, 7) is 14.5. The van der Waals surface area contributed by atoms with Crippen LogP contribution in [0.5, 0.6) is 0 Å². The van der Waals surface area contributed by atoms with Crippen molar-refractivity contribution in [3.05, 3.63) is 24.3 Å². The monoisotopic (exact) mass is 181 g/mol. The second-order valence-electron chi connectivity index (χ2n) is 3.77. The van der Waals surface area contributed by atoms with Crippen LogP contribution in [0.4, 0.5) is 0 Å². The highest BCUT2D eigenvalue weighted by molar-refractivity contribution is 6.60.